The Balaban J connectivity index is 1.81. The highest BCUT2D eigenvalue weighted by Crippen LogP contribution is 2.26. The molecule has 1 amide bonds. The van der Waals surface area contributed by atoms with E-state index in [1.54, 1.807) is 24.1 Å². The van der Waals surface area contributed by atoms with Crippen molar-refractivity contribution >= 4 is 21.6 Å². The van der Waals surface area contributed by atoms with Crippen molar-refractivity contribution in [3.05, 3.63) is 59.7 Å². The summed E-state index contributed by atoms with van der Waals surface area (Å²) in [6.07, 6.45) is 2.38. The highest BCUT2D eigenvalue weighted by atomic mass is 32.2. The third-order valence-corrected chi connectivity index (χ3v) is 6.86. The maximum absolute atomic E-state index is 12.9. The van der Waals surface area contributed by atoms with Crippen LogP contribution in [-0.4, -0.2) is 57.8 Å². The van der Waals surface area contributed by atoms with Gasteiger partial charge in [-0.3, -0.25) is 4.79 Å². The number of carbonyl (C=O) groups excluding carboxylic acids is 1. The predicted molar refractivity (Wildman–Crippen MR) is 111 cm³/mol. The van der Waals surface area contributed by atoms with Gasteiger partial charge in [0.2, 0.25) is 10.0 Å². The number of hydrogen-bond acceptors (Lipinski definition) is 4. The highest BCUT2D eigenvalue weighted by molar-refractivity contribution is 7.89. The number of nitrogens with zero attached hydrogens (tertiary/aromatic N) is 3. The van der Waals surface area contributed by atoms with E-state index in [1.165, 1.54) is 44.8 Å². The number of amides is 1. The molecule has 2 aromatic rings. The molecule has 6 nitrogen and oxygen atoms in total. The van der Waals surface area contributed by atoms with E-state index in [2.05, 4.69) is 11.0 Å². The van der Waals surface area contributed by atoms with Crippen LogP contribution in [0.1, 0.15) is 28.8 Å². The standard InChI is InChI=1S/C21H27N3O3S/c1-22(2)28(26,27)19-11-8-10-17(15-19)21(25)23(3)16-18-9-4-5-12-20(18)24-13-6-7-14-24/h4-5,8-12,15H,6-7,13-14,16H2,1-3H3. The molecule has 0 saturated carbocycles. The zero-order valence-electron chi connectivity index (χ0n) is 16.6. The van der Waals surface area contributed by atoms with Crippen LogP contribution in [0.25, 0.3) is 0 Å². The maximum atomic E-state index is 12.9. The van der Waals surface area contributed by atoms with E-state index in [0.717, 1.165) is 23.0 Å². The van der Waals surface area contributed by atoms with Crippen molar-refractivity contribution in [1.29, 1.82) is 0 Å². The Morgan fingerprint density at radius 2 is 1.68 bits per heavy atom. The summed E-state index contributed by atoms with van der Waals surface area (Å²) in [7, 11) is 1.12. The number of anilines is 1. The number of carbonyl (C=O) groups is 1. The molecular formula is C21H27N3O3S. The van der Waals surface area contributed by atoms with Crippen molar-refractivity contribution in [3.63, 3.8) is 0 Å². The quantitative estimate of drug-likeness (QED) is 0.747. The van der Waals surface area contributed by atoms with Crippen molar-refractivity contribution in [2.45, 2.75) is 24.3 Å². The van der Waals surface area contributed by atoms with Gasteiger partial charge in [-0.15, -0.1) is 0 Å². The van der Waals surface area contributed by atoms with E-state index in [-0.39, 0.29) is 10.8 Å². The fourth-order valence-corrected chi connectivity index (χ4v) is 4.41. The predicted octanol–water partition coefficient (Wildman–Crippen LogP) is 2.81. The van der Waals surface area contributed by atoms with Crippen LogP contribution in [0.15, 0.2) is 53.4 Å². The van der Waals surface area contributed by atoms with Crippen molar-refractivity contribution in [3.8, 4) is 0 Å². The summed E-state index contributed by atoms with van der Waals surface area (Å²) in [5.74, 6) is -0.202. The van der Waals surface area contributed by atoms with E-state index < -0.39 is 10.0 Å². The fourth-order valence-electron chi connectivity index (χ4n) is 3.46. The lowest BCUT2D eigenvalue weighted by Gasteiger charge is -2.24. The molecule has 7 heteroatoms. The van der Waals surface area contributed by atoms with Crippen LogP contribution in [0.3, 0.4) is 0 Å². The average Bonchev–Trinajstić information content (AvgIpc) is 3.22. The molecule has 0 bridgehead atoms. The molecule has 150 valence electrons. The number of para-hydroxylation sites is 1. The summed E-state index contributed by atoms with van der Waals surface area (Å²) in [6.45, 7) is 2.55. The van der Waals surface area contributed by atoms with E-state index in [0.29, 0.717) is 12.1 Å². The smallest absolute Gasteiger partial charge is 0.253 e. The normalized spacial score (nSPS) is 14.5. The molecule has 1 aliphatic rings. The Labute approximate surface area is 167 Å². The summed E-state index contributed by atoms with van der Waals surface area (Å²) in [5.41, 5.74) is 2.63. The SMILES string of the molecule is CN(Cc1ccccc1N1CCCC1)C(=O)c1cccc(S(=O)(=O)N(C)C)c1. The van der Waals surface area contributed by atoms with Crippen LogP contribution in [0.2, 0.25) is 0 Å². The largest absolute Gasteiger partial charge is 0.371 e. The van der Waals surface area contributed by atoms with Gasteiger partial charge in [0, 0.05) is 52.0 Å². The molecule has 0 spiro atoms. The van der Waals surface area contributed by atoms with Gasteiger partial charge in [-0.2, -0.15) is 0 Å². The van der Waals surface area contributed by atoms with E-state index >= 15 is 0 Å². The Hall–Kier alpha value is -2.38. The van der Waals surface area contributed by atoms with E-state index in [4.69, 9.17) is 0 Å². The van der Waals surface area contributed by atoms with Gasteiger partial charge in [0.1, 0.15) is 0 Å². The van der Waals surface area contributed by atoms with Gasteiger partial charge in [-0.1, -0.05) is 24.3 Å². The van der Waals surface area contributed by atoms with E-state index in [1.807, 2.05) is 18.2 Å². The minimum Gasteiger partial charge on any atom is -0.371 e. The Kier molecular flexibility index (Phi) is 6.05. The second-order valence-electron chi connectivity index (χ2n) is 7.30. The number of rotatable bonds is 6. The molecular weight excluding hydrogens is 374 g/mol. The first kappa shape index (κ1) is 20.4. The third-order valence-electron chi connectivity index (χ3n) is 5.05. The third kappa shape index (κ3) is 4.20. The minimum atomic E-state index is -3.58. The lowest BCUT2D eigenvalue weighted by molar-refractivity contribution is 0.0785. The fraction of sp³-hybridized carbons (Fsp3) is 0.381. The summed E-state index contributed by atoms with van der Waals surface area (Å²) < 4.78 is 25.9. The molecule has 0 aromatic heterocycles. The van der Waals surface area contributed by atoms with Crippen LogP contribution in [-0.2, 0) is 16.6 Å². The molecule has 3 rings (SSSR count). The maximum Gasteiger partial charge on any atom is 0.253 e. The molecule has 0 unspecified atom stereocenters. The molecule has 0 aliphatic carbocycles. The number of hydrogen-bond donors (Lipinski definition) is 0. The van der Waals surface area contributed by atoms with Gasteiger partial charge in [0.15, 0.2) is 0 Å². The van der Waals surface area contributed by atoms with Crippen LogP contribution < -0.4 is 4.90 Å². The Morgan fingerprint density at radius 3 is 2.36 bits per heavy atom. The first-order chi connectivity index (χ1) is 13.3. The number of benzene rings is 2. The average molecular weight is 402 g/mol. The molecule has 1 saturated heterocycles. The molecule has 0 radical (unpaired) electrons. The minimum absolute atomic E-state index is 0.120. The molecule has 0 atom stereocenters. The van der Waals surface area contributed by atoms with Gasteiger partial charge in [-0.05, 0) is 42.7 Å². The van der Waals surface area contributed by atoms with Gasteiger partial charge >= 0.3 is 0 Å². The van der Waals surface area contributed by atoms with Crippen molar-refractivity contribution in [2.24, 2.45) is 0 Å². The molecule has 1 fully saturated rings. The Morgan fingerprint density at radius 1 is 1.00 bits per heavy atom. The summed E-state index contributed by atoms with van der Waals surface area (Å²) in [5, 5.41) is 0. The lowest BCUT2D eigenvalue weighted by Crippen LogP contribution is -2.28. The van der Waals surface area contributed by atoms with Crippen LogP contribution in [0.5, 0.6) is 0 Å². The molecule has 1 aliphatic heterocycles. The second-order valence-corrected chi connectivity index (χ2v) is 9.45. The molecule has 1 heterocycles. The summed E-state index contributed by atoms with van der Waals surface area (Å²) in [6, 6.07) is 14.4. The first-order valence-corrected chi connectivity index (χ1v) is 10.9. The monoisotopic (exact) mass is 401 g/mol. The van der Waals surface area contributed by atoms with Gasteiger partial charge in [0.05, 0.1) is 4.90 Å². The lowest BCUT2D eigenvalue weighted by atomic mass is 10.1. The van der Waals surface area contributed by atoms with Gasteiger partial charge < -0.3 is 9.80 Å². The van der Waals surface area contributed by atoms with Crippen molar-refractivity contribution in [1.82, 2.24) is 9.21 Å². The molecule has 0 N–H and O–H groups in total. The van der Waals surface area contributed by atoms with Crippen molar-refractivity contribution in [2.75, 3.05) is 39.1 Å². The summed E-state index contributed by atoms with van der Waals surface area (Å²) in [4.78, 5) is 17.0. The van der Waals surface area contributed by atoms with Gasteiger partial charge in [0.25, 0.3) is 5.91 Å². The van der Waals surface area contributed by atoms with Crippen molar-refractivity contribution < 1.29 is 13.2 Å². The topological polar surface area (TPSA) is 60.9 Å². The second kappa shape index (κ2) is 8.32. The molecule has 28 heavy (non-hydrogen) atoms. The highest BCUT2D eigenvalue weighted by Gasteiger charge is 2.21. The Bertz CT molecular complexity index is 951. The van der Waals surface area contributed by atoms with Crippen LogP contribution >= 0.6 is 0 Å². The zero-order chi connectivity index (χ0) is 20.3. The van der Waals surface area contributed by atoms with Crippen LogP contribution in [0, 0.1) is 0 Å². The van der Waals surface area contributed by atoms with Gasteiger partial charge in [-0.25, -0.2) is 12.7 Å². The van der Waals surface area contributed by atoms with E-state index in [9.17, 15) is 13.2 Å². The molecule has 2 aromatic carbocycles. The summed E-state index contributed by atoms with van der Waals surface area (Å²) >= 11 is 0. The first-order valence-electron chi connectivity index (χ1n) is 9.41. The zero-order valence-corrected chi connectivity index (χ0v) is 17.4. The van der Waals surface area contributed by atoms with Crippen LogP contribution in [0.4, 0.5) is 5.69 Å². The number of sulfonamides is 1.